The van der Waals surface area contributed by atoms with Gasteiger partial charge in [-0.1, -0.05) is 19.8 Å². The molecule has 2 unspecified atom stereocenters. The summed E-state index contributed by atoms with van der Waals surface area (Å²) in [6.45, 7) is 3.82. The average Bonchev–Trinajstić information content (AvgIpc) is 1.99. The van der Waals surface area contributed by atoms with E-state index < -0.39 is 16.8 Å². The quantitative estimate of drug-likeness (QED) is 0.574. The fraction of sp³-hybridized carbons (Fsp3) is 0.875. The number of hydrogen-bond donors (Lipinski definition) is 3. The number of thiol groups is 1. The second-order valence-electron chi connectivity index (χ2n) is 3.28. The smallest absolute Gasteiger partial charge is 0.321 e. The van der Waals surface area contributed by atoms with E-state index in [1.165, 1.54) is 0 Å². The number of nitrogens with two attached hydrogens (primary N) is 1. The Balaban J connectivity index is 4.08. The van der Waals surface area contributed by atoms with Crippen LogP contribution in [0.1, 0.15) is 33.1 Å². The molecule has 0 aromatic carbocycles. The van der Waals surface area contributed by atoms with Crippen molar-refractivity contribution in [3.63, 3.8) is 0 Å². The first kappa shape index (κ1) is 11.8. The third-order valence-corrected chi connectivity index (χ3v) is 2.47. The number of unbranched alkanes of at least 4 members (excludes halogenated alkanes) is 1. The number of aliphatic carboxylic acids is 1. The van der Waals surface area contributed by atoms with Crippen LogP contribution in [0.5, 0.6) is 0 Å². The lowest BCUT2D eigenvalue weighted by Crippen LogP contribution is -2.47. The summed E-state index contributed by atoms with van der Waals surface area (Å²) < 4.78 is -0.595. The Morgan fingerprint density at radius 1 is 1.75 bits per heavy atom. The van der Waals surface area contributed by atoms with Crippen molar-refractivity contribution in [2.24, 2.45) is 5.73 Å². The van der Waals surface area contributed by atoms with E-state index >= 15 is 0 Å². The van der Waals surface area contributed by atoms with Gasteiger partial charge in [0.05, 0.1) is 0 Å². The molecule has 0 bridgehead atoms. The third kappa shape index (κ3) is 3.45. The monoisotopic (exact) mass is 191 g/mol. The Labute approximate surface area is 78.7 Å². The van der Waals surface area contributed by atoms with E-state index in [0.717, 1.165) is 19.3 Å². The molecule has 0 rings (SSSR count). The summed E-state index contributed by atoms with van der Waals surface area (Å²) in [4.78, 5) is 10.5. The highest BCUT2D eigenvalue weighted by atomic mass is 32.1. The van der Waals surface area contributed by atoms with E-state index in [2.05, 4.69) is 19.6 Å². The average molecular weight is 191 g/mol. The Hall–Kier alpha value is -0.220. The minimum Gasteiger partial charge on any atom is -0.480 e. The molecular formula is C8H17NO2S. The summed E-state index contributed by atoms with van der Waals surface area (Å²) in [5.41, 5.74) is 5.46. The molecule has 0 heterocycles. The number of carbonyl (C=O) groups is 1. The highest BCUT2D eigenvalue weighted by Gasteiger charge is 2.32. The fourth-order valence-corrected chi connectivity index (χ4v) is 1.22. The predicted octanol–water partition coefficient (Wildman–Crippen LogP) is 1.28. The third-order valence-electron chi connectivity index (χ3n) is 1.97. The van der Waals surface area contributed by atoms with Crippen molar-refractivity contribution in [2.75, 3.05) is 0 Å². The van der Waals surface area contributed by atoms with Gasteiger partial charge in [-0.3, -0.25) is 4.79 Å². The van der Waals surface area contributed by atoms with Crippen LogP contribution in [-0.4, -0.2) is 21.9 Å². The van der Waals surface area contributed by atoms with Crippen molar-refractivity contribution in [1.29, 1.82) is 0 Å². The number of carboxylic acid groups (broad SMARTS) is 1. The molecule has 3 nitrogen and oxygen atoms in total. The van der Waals surface area contributed by atoms with Gasteiger partial charge in [0.1, 0.15) is 6.04 Å². The minimum atomic E-state index is -0.983. The fourth-order valence-electron chi connectivity index (χ4n) is 0.956. The Kier molecular flexibility index (Phi) is 4.63. The maximum atomic E-state index is 10.5. The summed E-state index contributed by atoms with van der Waals surface area (Å²) in [6.07, 6.45) is 2.73. The highest BCUT2D eigenvalue weighted by Crippen LogP contribution is 2.24. The molecule has 4 heteroatoms. The summed E-state index contributed by atoms with van der Waals surface area (Å²) in [5, 5.41) is 8.64. The van der Waals surface area contributed by atoms with Crippen LogP contribution in [0.3, 0.4) is 0 Å². The largest absolute Gasteiger partial charge is 0.480 e. The molecule has 72 valence electrons. The SMILES string of the molecule is CCCCC(C)(S)C(N)C(=O)O. The van der Waals surface area contributed by atoms with Crippen molar-refractivity contribution in [3.8, 4) is 0 Å². The predicted molar refractivity (Wildman–Crippen MR) is 52.5 cm³/mol. The lowest BCUT2D eigenvalue weighted by molar-refractivity contribution is -0.139. The molecule has 2 atom stereocenters. The zero-order valence-corrected chi connectivity index (χ0v) is 8.47. The second kappa shape index (κ2) is 4.72. The van der Waals surface area contributed by atoms with E-state index in [1.807, 2.05) is 0 Å². The van der Waals surface area contributed by atoms with Crippen molar-refractivity contribution in [2.45, 2.75) is 43.9 Å². The highest BCUT2D eigenvalue weighted by molar-refractivity contribution is 7.81. The molecule has 0 aliphatic rings. The first-order valence-electron chi connectivity index (χ1n) is 4.12. The van der Waals surface area contributed by atoms with Gasteiger partial charge in [0.15, 0.2) is 0 Å². The Morgan fingerprint density at radius 2 is 2.25 bits per heavy atom. The molecular weight excluding hydrogens is 174 g/mol. The lowest BCUT2D eigenvalue weighted by Gasteiger charge is -2.27. The zero-order valence-electron chi connectivity index (χ0n) is 7.58. The van der Waals surface area contributed by atoms with Gasteiger partial charge in [0.2, 0.25) is 0 Å². The molecule has 0 aliphatic heterocycles. The first-order chi connectivity index (χ1) is 5.41. The van der Waals surface area contributed by atoms with Gasteiger partial charge in [0, 0.05) is 4.75 Å². The Bertz CT molecular complexity index is 159. The summed E-state index contributed by atoms with van der Waals surface area (Å²) in [7, 11) is 0. The second-order valence-corrected chi connectivity index (χ2v) is 4.30. The standard InChI is InChI=1S/C8H17NO2S/c1-3-4-5-8(2,12)6(9)7(10)11/h6,12H,3-5,9H2,1-2H3,(H,10,11). The Morgan fingerprint density at radius 3 is 2.58 bits per heavy atom. The van der Waals surface area contributed by atoms with E-state index in [0.29, 0.717) is 0 Å². The molecule has 12 heavy (non-hydrogen) atoms. The van der Waals surface area contributed by atoms with E-state index in [1.54, 1.807) is 6.92 Å². The van der Waals surface area contributed by atoms with Crippen molar-refractivity contribution >= 4 is 18.6 Å². The normalized spacial score (nSPS) is 18.3. The maximum Gasteiger partial charge on any atom is 0.321 e. The lowest BCUT2D eigenvalue weighted by atomic mass is 9.95. The molecule has 0 aromatic heterocycles. The van der Waals surface area contributed by atoms with Crippen LogP contribution in [0.25, 0.3) is 0 Å². The van der Waals surface area contributed by atoms with E-state index in [-0.39, 0.29) is 0 Å². The van der Waals surface area contributed by atoms with Crippen LogP contribution in [0.15, 0.2) is 0 Å². The van der Waals surface area contributed by atoms with Gasteiger partial charge in [-0.15, -0.1) is 0 Å². The number of rotatable bonds is 5. The molecule has 0 amide bonds. The molecule has 0 saturated carbocycles. The van der Waals surface area contributed by atoms with Crippen LogP contribution in [0.2, 0.25) is 0 Å². The van der Waals surface area contributed by atoms with E-state index in [4.69, 9.17) is 10.8 Å². The zero-order chi connectivity index (χ0) is 9.78. The summed E-state index contributed by atoms with van der Waals surface area (Å²) >= 11 is 4.25. The van der Waals surface area contributed by atoms with Crippen LogP contribution in [0, 0.1) is 0 Å². The minimum absolute atomic E-state index is 0.595. The molecule has 0 fully saturated rings. The number of carboxylic acids is 1. The molecule has 3 N–H and O–H groups in total. The maximum absolute atomic E-state index is 10.5. The van der Waals surface area contributed by atoms with Gasteiger partial charge in [-0.05, 0) is 13.3 Å². The molecule has 0 saturated heterocycles. The van der Waals surface area contributed by atoms with Crippen molar-refractivity contribution < 1.29 is 9.90 Å². The van der Waals surface area contributed by atoms with Crippen molar-refractivity contribution in [3.05, 3.63) is 0 Å². The first-order valence-corrected chi connectivity index (χ1v) is 4.57. The van der Waals surface area contributed by atoms with Gasteiger partial charge < -0.3 is 10.8 Å². The van der Waals surface area contributed by atoms with Crippen LogP contribution >= 0.6 is 12.6 Å². The van der Waals surface area contributed by atoms with Crippen LogP contribution < -0.4 is 5.73 Å². The van der Waals surface area contributed by atoms with E-state index in [9.17, 15) is 4.79 Å². The molecule has 0 radical (unpaired) electrons. The van der Waals surface area contributed by atoms with Gasteiger partial charge in [0.25, 0.3) is 0 Å². The summed E-state index contributed by atoms with van der Waals surface area (Å²) in [6, 6.07) is -0.882. The molecule has 0 aromatic rings. The van der Waals surface area contributed by atoms with Gasteiger partial charge in [-0.25, -0.2) is 0 Å². The van der Waals surface area contributed by atoms with Gasteiger partial charge in [-0.2, -0.15) is 12.6 Å². The van der Waals surface area contributed by atoms with Crippen LogP contribution in [0.4, 0.5) is 0 Å². The van der Waals surface area contributed by atoms with Gasteiger partial charge >= 0.3 is 5.97 Å². The molecule has 0 aliphatic carbocycles. The molecule has 0 spiro atoms. The van der Waals surface area contributed by atoms with Crippen molar-refractivity contribution in [1.82, 2.24) is 0 Å². The number of hydrogen-bond acceptors (Lipinski definition) is 3. The summed E-state index contributed by atoms with van der Waals surface area (Å²) in [5.74, 6) is -0.983. The van der Waals surface area contributed by atoms with Crippen LogP contribution in [-0.2, 0) is 4.79 Å². The topological polar surface area (TPSA) is 63.3 Å².